The van der Waals surface area contributed by atoms with Crippen molar-refractivity contribution in [3.8, 4) is 0 Å². The molecule has 2 aromatic heterocycles. The average molecular weight is 255 g/mol. The molecule has 0 unspecified atom stereocenters. The van der Waals surface area contributed by atoms with Gasteiger partial charge in [-0.2, -0.15) is 0 Å². The topological polar surface area (TPSA) is 55.0 Å². The number of aromatic nitrogens is 2. The van der Waals surface area contributed by atoms with E-state index in [1.165, 1.54) is 11.3 Å². The number of pyridine rings is 1. The molecule has 2 N–H and O–H groups in total. The van der Waals surface area contributed by atoms with Gasteiger partial charge in [-0.05, 0) is 11.6 Å². The fourth-order valence-electron chi connectivity index (χ4n) is 1.31. The van der Waals surface area contributed by atoms with Gasteiger partial charge in [0, 0.05) is 25.2 Å². The lowest BCUT2D eigenvalue weighted by atomic mass is 10.3. The summed E-state index contributed by atoms with van der Waals surface area (Å²) in [6, 6.07) is 3.72. The summed E-state index contributed by atoms with van der Waals surface area (Å²) >= 11 is 7.15. The molecule has 0 aromatic carbocycles. The summed E-state index contributed by atoms with van der Waals surface area (Å²) < 4.78 is 0. The number of nitrogens with two attached hydrogens (primary N) is 1. The maximum atomic E-state index is 5.72. The second-order valence-corrected chi connectivity index (χ2v) is 4.67. The van der Waals surface area contributed by atoms with Gasteiger partial charge in [0.1, 0.15) is 11.0 Å². The largest absolute Gasteiger partial charge is 0.375 e. The van der Waals surface area contributed by atoms with Crippen LogP contribution in [0.4, 0.5) is 10.9 Å². The zero-order chi connectivity index (χ0) is 11.5. The molecule has 0 bridgehead atoms. The molecule has 0 aliphatic rings. The maximum absolute atomic E-state index is 5.72. The summed E-state index contributed by atoms with van der Waals surface area (Å²) in [6.07, 6.45) is 1.76. The molecule has 0 fully saturated rings. The van der Waals surface area contributed by atoms with Crippen LogP contribution in [0.1, 0.15) is 5.56 Å². The van der Waals surface area contributed by atoms with Crippen LogP contribution in [0.25, 0.3) is 0 Å². The highest BCUT2D eigenvalue weighted by atomic mass is 35.5. The zero-order valence-electron chi connectivity index (χ0n) is 8.72. The van der Waals surface area contributed by atoms with Gasteiger partial charge in [0.25, 0.3) is 0 Å². The standard InChI is InChI=1S/C10H11ClN4S/c1-15(9-6-16-10(12)14-9)5-7-2-3-8(11)13-4-7/h2-4,6H,5H2,1H3,(H2,12,14). The molecule has 2 rings (SSSR count). The smallest absolute Gasteiger partial charge is 0.182 e. The SMILES string of the molecule is CN(Cc1ccc(Cl)nc1)c1csc(N)n1. The molecule has 16 heavy (non-hydrogen) atoms. The summed E-state index contributed by atoms with van der Waals surface area (Å²) in [5.74, 6) is 0.873. The van der Waals surface area contributed by atoms with E-state index in [0.717, 1.165) is 17.9 Å². The summed E-state index contributed by atoms with van der Waals surface area (Å²) in [5, 5.41) is 3.01. The summed E-state index contributed by atoms with van der Waals surface area (Å²) in [6.45, 7) is 0.730. The maximum Gasteiger partial charge on any atom is 0.182 e. The Balaban J connectivity index is 2.07. The van der Waals surface area contributed by atoms with Gasteiger partial charge in [-0.25, -0.2) is 9.97 Å². The highest BCUT2D eigenvalue weighted by molar-refractivity contribution is 7.13. The van der Waals surface area contributed by atoms with Crippen molar-refractivity contribution in [3.63, 3.8) is 0 Å². The fourth-order valence-corrected chi connectivity index (χ4v) is 2.03. The van der Waals surface area contributed by atoms with Crippen LogP contribution in [0.3, 0.4) is 0 Å². The van der Waals surface area contributed by atoms with E-state index in [-0.39, 0.29) is 0 Å². The van der Waals surface area contributed by atoms with Crippen LogP contribution in [0.15, 0.2) is 23.7 Å². The van der Waals surface area contributed by atoms with E-state index < -0.39 is 0 Å². The molecule has 84 valence electrons. The molecular weight excluding hydrogens is 244 g/mol. The number of hydrogen-bond acceptors (Lipinski definition) is 5. The van der Waals surface area contributed by atoms with Gasteiger partial charge >= 0.3 is 0 Å². The molecule has 2 heterocycles. The number of hydrogen-bond donors (Lipinski definition) is 1. The first-order valence-corrected chi connectivity index (χ1v) is 5.93. The van der Waals surface area contributed by atoms with E-state index in [4.69, 9.17) is 17.3 Å². The van der Waals surface area contributed by atoms with E-state index in [1.54, 1.807) is 12.3 Å². The van der Waals surface area contributed by atoms with Gasteiger partial charge in [0.15, 0.2) is 5.13 Å². The Morgan fingerprint density at radius 1 is 1.50 bits per heavy atom. The normalized spacial score (nSPS) is 10.4. The molecule has 0 spiro atoms. The van der Waals surface area contributed by atoms with E-state index in [2.05, 4.69) is 9.97 Å². The quantitative estimate of drug-likeness (QED) is 0.855. The molecule has 0 radical (unpaired) electrons. The van der Waals surface area contributed by atoms with Crippen LogP contribution < -0.4 is 10.6 Å². The van der Waals surface area contributed by atoms with Crippen molar-refractivity contribution in [3.05, 3.63) is 34.4 Å². The number of halogens is 1. The second kappa shape index (κ2) is 4.67. The van der Waals surface area contributed by atoms with Gasteiger partial charge in [-0.3, -0.25) is 0 Å². The monoisotopic (exact) mass is 254 g/mol. The van der Waals surface area contributed by atoms with Crippen molar-refractivity contribution in [2.75, 3.05) is 17.7 Å². The van der Waals surface area contributed by atoms with Gasteiger partial charge in [-0.15, -0.1) is 11.3 Å². The van der Waals surface area contributed by atoms with Crippen LogP contribution in [-0.2, 0) is 6.54 Å². The number of rotatable bonds is 3. The van der Waals surface area contributed by atoms with Gasteiger partial charge < -0.3 is 10.6 Å². The van der Waals surface area contributed by atoms with Gasteiger partial charge in [-0.1, -0.05) is 17.7 Å². The van der Waals surface area contributed by atoms with E-state index in [1.807, 2.05) is 23.4 Å². The third-order valence-electron chi connectivity index (χ3n) is 2.11. The predicted molar refractivity (Wildman–Crippen MR) is 67.9 cm³/mol. The van der Waals surface area contributed by atoms with Crippen molar-refractivity contribution in [2.24, 2.45) is 0 Å². The first-order valence-electron chi connectivity index (χ1n) is 4.68. The molecule has 0 atom stereocenters. The minimum absolute atomic E-state index is 0.504. The third-order valence-corrected chi connectivity index (χ3v) is 2.99. The predicted octanol–water partition coefficient (Wildman–Crippen LogP) is 2.41. The lowest BCUT2D eigenvalue weighted by molar-refractivity contribution is 0.899. The minimum Gasteiger partial charge on any atom is -0.375 e. The average Bonchev–Trinajstić information content (AvgIpc) is 2.68. The second-order valence-electron chi connectivity index (χ2n) is 3.39. The molecule has 0 amide bonds. The Morgan fingerprint density at radius 2 is 2.31 bits per heavy atom. The molecule has 0 aliphatic heterocycles. The van der Waals surface area contributed by atoms with Crippen molar-refractivity contribution in [1.82, 2.24) is 9.97 Å². The zero-order valence-corrected chi connectivity index (χ0v) is 10.3. The number of nitrogen functional groups attached to an aromatic ring is 1. The Kier molecular flexibility index (Phi) is 3.26. The molecule has 0 saturated carbocycles. The lowest BCUT2D eigenvalue weighted by Gasteiger charge is -2.15. The van der Waals surface area contributed by atoms with Crippen LogP contribution in [0.2, 0.25) is 5.15 Å². The van der Waals surface area contributed by atoms with Crippen LogP contribution in [0.5, 0.6) is 0 Å². The molecule has 0 saturated heterocycles. The Labute approximate surface area is 103 Å². The lowest BCUT2D eigenvalue weighted by Crippen LogP contribution is -2.16. The Morgan fingerprint density at radius 3 is 2.88 bits per heavy atom. The van der Waals surface area contributed by atoms with Crippen LogP contribution in [-0.4, -0.2) is 17.0 Å². The van der Waals surface area contributed by atoms with Crippen LogP contribution >= 0.6 is 22.9 Å². The molecule has 0 aliphatic carbocycles. The molecule has 4 nitrogen and oxygen atoms in total. The van der Waals surface area contributed by atoms with E-state index in [0.29, 0.717) is 10.3 Å². The summed E-state index contributed by atoms with van der Waals surface area (Å²) in [5.41, 5.74) is 6.66. The molecule has 2 aromatic rings. The van der Waals surface area contributed by atoms with Crippen LogP contribution in [0, 0.1) is 0 Å². The highest BCUT2D eigenvalue weighted by Gasteiger charge is 2.05. The summed E-state index contributed by atoms with van der Waals surface area (Å²) in [7, 11) is 1.96. The molecular formula is C10H11ClN4S. The number of thiazole rings is 1. The number of nitrogens with zero attached hydrogens (tertiary/aromatic N) is 3. The Hall–Kier alpha value is -1.33. The first-order chi connectivity index (χ1) is 7.65. The minimum atomic E-state index is 0.504. The third kappa shape index (κ3) is 2.62. The van der Waals surface area contributed by atoms with Crippen molar-refractivity contribution in [1.29, 1.82) is 0 Å². The number of anilines is 2. The van der Waals surface area contributed by atoms with E-state index >= 15 is 0 Å². The van der Waals surface area contributed by atoms with Gasteiger partial charge in [0.05, 0.1) is 0 Å². The first kappa shape index (κ1) is 11.2. The Bertz CT molecular complexity index is 468. The summed E-state index contributed by atoms with van der Waals surface area (Å²) in [4.78, 5) is 10.2. The fraction of sp³-hybridized carbons (Fsp3) is 0.200. The highest BCUT2D eigenvalue weighted by Crippen LogP contribution is 2.20. The van der Waals surface area contributed by atoms with E-state index in [9.17, 15) is 0 Å². The van der Waals surface area contributed by atoms with Crippen molar-refractivity contribution in [2.45, 2.75) is 6.54 Å². The van der Waals surface area contributed by atoms with Gasteiger partial charge in [0.2, 0.25) is 0 Å². The van der Waals surface area contributed by atoms with Crippen molar-refractivity contribution < 1.29 is 0 Å². The van der Waals surface area contributed by atoms with Crippen molar-refractivity contribution >= 4 is 33.9 Å². The molecule has 6 heteroatoms.